The van der Waals surface area contributed by atoms with Gasteiger partial charge in [-0.1, -0.05) is 6.92 Å². The number of hydrogen-bond donors (Lipinski definition) is 1. The van der Waals surface area contributed by atoms with Crippen molar-refractivity contribution in [1.29, 1.82) is 0 Å². The van der Waals surface area contributed by atoms with E-state index in [9.17, 15) is 0 Å². The zero-order valence-electron chi connectivity index (χ0n) is 10.6. The second-order valence-electron chi connectivity index (χ2n) is 3.98. The third-order valence-corrected chi connectivity index (χ3v) is 2.64. The summed E-state index contributed by atoms with van der Waals surface area (Å²) in [7, 11) is 1.70. The molecule has 0 heterocycles. The van der Waals surface area contributed by atoms with E-state index in [1.807, 2.05) is 0 Å². The van der Waals surface area contributed by atoms with Crippen molar-refractivity contribution in [3.63, 3.8) is 0 Å². The molecular formula is C12H26O3S. The molecule has 0 aliphatic carbocycles. The molecule has 98 valence electrons. The maximum absolute atomic E-state index is 5.48. The highest BCUT2D eigenvalue weighted by Gasteiger charge is 2.00. The Labute approximate surface area is 105 Å². The third kappa shape index (κ3) is 12.3. The molecule has 1 atom stereocenters. The molecule has 0 saturated carbocycles. The Kier molecular flexibility index (Phi) is 13.5. The molecule has 0 saturated heterocycles. The van der Waals surface area contributed by atoms with Crippen LogP contribution in [0.3, 0.4) is 0 Å². The Bertz CT molecular complexity index is 133. The molecule has 3 nitrogen and oxygen atoms in total. The van der Waals surface area contributed by atoms with Crippen LogP contribution in [0.4, 0.5) is 0 Å². The van der Waals surface area contributed by atoms with Crippen molar-refractivity contribution in [2.45, 2.75) is 26.2 Å². The SMILES string of the molecule is COCCCOCCOCCC(C)CCS. The van der Waals surface area contributed by atoms with Gasteiger partial charge in [0.25, 0.3) is 0 Å². The van der Waals surface area contributed by atoms with Gasteiger partial charge >= 0.3 is 0 Å². The van der Waals surface area contributed by atoms with Crippen LogP contribution in [0.5, 0.6) is 0 Å². The summed E-state index contributed by atoms with van der Waals surface area (Å²) in [5.74, 6) is 1.67. The van der Waals surface area contributed by atoms with Crippen LogP contribution in [-0.4, -0.2) is 45.9 Å². The van der Waals surface area contributed by atoms with Gasteiger partial charge < -0.3 is 14.2 Å². The fourth-order valence-corrected chi connectivity index (χ4v) is 1.72. The van der Waals surface area contributed by atoms with E-state index in [1.54, 1.807) is 7.11 Å². The minimum absolute atomic E-state index is 0.685. The van der Waals surface area contributed by atoms with E-state index in [4.69, 9.17) is 14.2 Å². The lowest BCUT2D eigenvalue weighted by Crippen LogP contribution is -2.09. The van der Waals surface area contributed by atoms with Crippen molar-refractivity contribution in [1.82, 2.24) is 0 Å². The molecule has 0 bridgehead atoms. The maximum Gasteiger partial charge on any atom is 0.0700 e. The third-order valence-electron chi connectivity index (χ3n) is 2.39. The standard InChI is InChI=1S/C12H26O3S/c1-12(5-11-16)4-8-15-10-9-14-7-3-6-13-2/h12,16H,3-11H2,1-2H3. The first kappa shape index (κ1) is 16.2. The summed E-state index contributed by atoms with van der Waals surface area (Å²) < 4.78 is 15.8. The average Bonchev–Trinajstić information content (AvgIpc) is 2.27. The summed E-state index contributed by atoms with van der Waals surface area (Å²) in [6.07, 6.45) is 3.24. The Morgan fingerprint density at radius 1 is 0.938 bits per heavy atom. The van der Waals surface area contributed by atoms with Gasteiger partial charge in [0.15, 0.2) is 0 Å². The predicted molar refractivity (Wildman–Crippen MR) is 70.4 cm³/mol. The molecule has 0 amide bonds. The summed E-state index contributed by atoms with van der Waals surface area (Å²) >= 11 is 4.21. The molecule has 0 aromatic heterocycles. The molecule has 0 fully saturated rings. The van der Waals surface area contributed by atoms with Crippen molar-refractivity contribution in [2.75, 3.05) is 45.9 Å². The number of hydrogen-bond acceptors (Lipinski definition) is 4. The van der Waals surface area contributed by atoms with Gasteiger partial charge in [-0.3, -0.25) is 0 Å². The predicted octanol–water partition coefficient (Wildman–Crippen LogP) is 2.40. The van der Waals surface area contributed by atoms with Crippen LogP contribution < -0.4 is 0 Å². The summed E-state index contributed by atoms with van der Waals surface area (Å²) in [4.78, 5) is 0. The van der Waals surface area contributed by atoms with E-state index in [-0.39, 0.29) is 0 Å². The first-order chi connectivity index (χ1) is 7.81. The van der Waals surface area contributed by atoms with Gasteiger partial charge in [-0.05, 0) is 30.9 Å². The largest absolute Gasteiger partial charge is 0.385 e. The fraction of sp³-hybridized carbons (Fsp3) is 1.00. The Morgan fingerprint density at radius 3 is 2.25 bits per heavy atom. The van der Waals surface area contributed by atoms with Crippen LogP contribution in [0.2, 0.25) is 0 Å². The molecule has 0 spiro atoms. The highest BCUT2D eigenvalue weighted by Crippen LogP contribution is 2.07. The summed E-state index contributed by atoms with van der Waals surface area (Å²) in [6.45, 7) is 5.97. The topological polar surface area (TPSA) is 27.7 Å². The first-order valence-corrected chi connectivity index (χ1v) is 6.69. The van der Waals surface area contributed by atoms with Gasteiger partial charge in [-0.2, -0.15) is 12.6 Å². The van der Waals surface area contributed by atoms with Gasteiger partial charge in [0, 0.05) is 26.9 Å². The summed E-state index contributed by atoms with van der Waals surface area (Å²) in [5, 5.41) is 0. The van der Waals surface area contributed by atoms with E-state index in [2.05, 4.69) is 19.6 Å². The van der Waals surface area contributed by atoms with Gasteiger partial charge in [0.05, 0.1) is 13.2 Å². The van der Waals surface area contributed by atoms with Crippen molar-refractivity contribution in [3.05, 3.63) is 0 Å². The van der Waals surface area contributed by atoms with E-state index in [1.165, 1.54) is 6.42 Å². The summed E-state index contributed by atoms with van der Waals surface area (Å²) in [6, 6.07) is 0. The Balaban J connectivity index is 2.98. The van der Waals surface area contributed by atoms with Crippen LogP contribution in [0, 0.1) is 5.92 Å². The minimum atomic E-state index is 0.685. The van der Waals surface area contributed by atoms with Crippen molar-refractivity contribution in [3.8, 4) is 0 Å². The summed E-state index contributed by atoms with van der Waals surface area (Å²) in [5.41, 5.74) is 0. The number of ether oxygens (including phenoxy) is 3. The minimum Gasteiger partial charge on any atom is -0.385 e. The molecule has 0 N–H and O–H groups in total. The smallest absolute Gasteiger partial charge is 0.0700 e. The molecule has 4 heteroatoms. The lowest BCUT2D eigenvalue weighted by Gasteiger charge is -2.10. The normalized spacial score (nSPS) is 12.9. The quantitative estimate of drug-likeness (QED) is 0.426. The second-order valence-corrected chi connectivity index (χ2v) is 4.42. The van der Waals surface area contributed by atoms with E-state index >= 15 is 0 Å². The van der Waals surface area contributed by atoms with E-state index in [0.29, 0.717) is 19.1 Å². The lowest BCUT2D eigenvalue weighted by molar-refractivity contribution is 0.0362. The van der Waals surface area contributed by atoms with Crippen LogP contribution in [0.15, 0.2) is 0 Å². The molecule has 0 aromatic carbocycles. The number of rotatable bonds is 12. The van der Waals surface area contributed by atoms with E-state index < -0.39 is 0 Å². The molecular weight excluding hydrogens is 224 g/mol. The van der Waals surface area contributed by atoms with Crippen molar-refractivity contribution >= 4 is 12.6 Å². The van der Waals surface area contributed by atoms with Crippen LogP contribution in [0.1, 0.15) is 26.2 Å². The Hall–Kier alpha value is 0.230. The fourth-order valence-electron chi connectivity index (χ4n) is 1.28. The highest BCUT2D eigenvalue weighted by atomic mass is 32.1. The van der Waals surface area contributed by atoms with Gasteiger partial charge in [0.2, 0.25) is 0 Å². The zero-order valence-corrected chi connectivity index (χ0v) is 11.5. The van der Waals surface area contributed by atoms with Crippen LogP contribution in [0.25, 0.3) is 0 Å². The Morgan fingerprint density at radius 2 is 1.62 bits per heavy atom. The molecule has 0 radical (unpaired) electrons. The number of thiol groups is 1. The first-order valence-electron chi connectivity index (χ1n) is 6.06. The lowest BCUT2D eigenvalue weighted by atomic mass is 10.1. The van der Waals surface area contributed by atoms with Gasteiger partial charge in [0.1, 0.15) is 0 Å². The van der Waals surface area contributed by atoms with Crippen LogP contribution >= 0.6 is 12.6 Å². The molecule has 0 rings (SSSR count). The molecule has 1 unspecified atom stereocenters. The maximum atomic E-state index is 5.48. The molecule has 0 aromatic rings. The molecule has 0 aliphatic rings. The van der Waals surface area contributed by atoms with Crippen molar-refractivity contribution in [2.24, 2.45) is 5.92 Å². The van der Waals surface area contributed by atoms with Crippen LogP contribution in [-0.2, 0) is 14.2 Å². The molecule has 0 aliphatic heterocycles. The number of methoxy groups -OCH3 is 1. The molecule has 16 heavy (non-hydrogen) atoms. The van der Waals surface area contributed by atoms with Crippen molar-refractivity contribution < 1.29 is 14.2 Å². The zero-order chi connectivity index (χ0) is 12.1. The highest BCUT2D eigenvalue weighted by molar-refractivity contribution is 7.80. The van der Waals surface area contributed by atoms with E-state index in [0.717, 1.165) is 38.4 Å². The monoisotopic (exact) mass is 250 g/mol. The van der Waals surface area contributed by atoms with Gasteiger partial charge in [-0.15, -0.1) is 0 Å². The average molecular weight is 250 g/mol. The van der Waals surface area contributed by atoms with Gasteiger partial charge in [-0.25, -0.2) is 0 Å². The second kappa shape index (κ2) is 13.3.